The average Bonchev–Trinajstić information content (AvgIpc) is 3.76. The van der Waals surface area contributed by atoms with Crippen LogP contribution in [0.3, 0.4) is 0 Å². The number of para-hydroxylation sites is 1. The van der Waals surface area contributed by atoms with Gasteiger partial charge in [-0.2, -0.15) is 0 Å². The lowest BCUT2D eigenvalue weighted by Gasteiger charge is -2.24. The molecule has 1 aromatic heterocycles. The molecular formula is C35H50N12O8. The zero-order chi connectivity index (χ0) is 40.1. The average molecular weight is 767 g/mol. The summed E-state index contributed by atoms with van der Waals surface area (Å²) in [6.07, 6.45) is 4.25. The molecule has 2 heterocycles. The van der Waals surface area contributed by atoms with Crippen molar-refractivity contribution in [2.45, 2.75) is 87.5 Å². The Balaban J connectivity index is 1.29. The molecule has 13 N–H and O–H groups in total. The fourth-order valence-corrected chi connectivity index (χ4v) is 6.47. The van der Waals surface area contributed by atoms with E-state index in [-0.39, 0.29) is 51.2 Å². The number of guanidine groups is 1. The largest absolute Gasteiger partial charge is 0.370 e. The third kappa shape index (κ3) is 11.0. The quantitative estimate of drug-likeness (QED) is 0.0182. The molecule has 55 heavy (non-hydrogen) atoms. The van der Waals surface area contributed by atoms with Crippen LogP contribution in [0.5, 0.6) is 0 Å². The van der Waals surface area contributed by atoms with Crippen LogP contribution in [0.25, 0.3) is 10.9 Å². The predicted octanol–water partition coefficient (Wildman–Crippen LogP) is -2.75. The first-order chi connectivity index (χ1) is 26.3. The number of carbonyl (C=O) groups is 8. The van der Waals surface area contributed by atoms with E-state index in [1.165, 1.54) is 0 Å². The molecule has 4 rings (SSSR count). The van der Waals surface area contributed by atoms with Gasteiger partial charge in [-0.25, -0.2) is 9.69 Å². The molecule has 2 fully saturated rings. The van der Waals surface area contributed by atoms with Gasteiger partial charge in [-0.3, -0.25) is 33.8 Å². The lowest BCUT2D eigenvalue weighted by Crippen LogP contribution is -2.56. The van der Waals surface area contributed by atoms with Crippen molar-refractivity contribution in [1.82, 2.24) is 41.8 Å². The van der Waals surface area contributed by atoms with Crippen molar-refractivity contribution in [3.63, 3.8) is 0 Å². The van der Waals surface area contributed by atoms with Crippen molar-refractivity contribution >= 4 is 64.6 Å². The summed E-state index contributed by atoms with van der Waals surface area (Å²) >= 11 is 0. The summed E-state index contributed by atoms with van der Waals surface area (Å²) in [5.41, 5.74) is 16.7. The number of carbonyl (C=O) groups excluding carboxylic acids is 8. The molecule has 2 aromatic rings. The summed E-state index contributed by atoms with van der Waals surface area (Å²) in [6, 6.07) is 2.74. The standard InChI is InChI=1S/C35H50N12O8/c1-39-24(10-6-14-42-33(37)38)29(51)45-25(17-20-19-43-22-8-3-2-7-21(20)22)30(52)44-23(28(36)50)9-4-5-13-40-27(49)18-26-31(53)47(34(55)46-26)35(11-12-35)32(54)41-15-16-48/h2-3,7-8,16,19,23-26,39,43H,4-6,9-15,17-18H2,1H3,(H2,36,50)(H,40,49)(H,41,54)(H,44,52)(H,45,51)(H,46,55)(H4,37,38,42)/t23-,24-,25-,26-/m0/s1. The molecular weight excluding hydrogens is 716 g/mol. The number of amides is 8. The van der Waals surface area contributed by atoms with Crippen LogP contribution in [-0.2, 0) is 40.0 Å². The Bertz CT molecular complexity index is 1790. The first-order valence-electron chi connectivity index (χ1n) is 18.1. The van der Waals surface area contributed by atoms with Crippen molar-refractivity contribution in [1.29, 1.82) is 0 Å². The van der Waals surface area contributed by atoms with Crippen molar-refractivity contribution < 1.29 is 38.4 Å². The number of urea groups is 1. The number of hydrogen-bond donors (Lipinski definition) is 10. The highest BCUT2D eigenvalue weighted by atomic mass is 16.2. The maximum absolute atomic E-state index is 13.7. The molecule has 20 heteroatoms. The number of benzene rings is 1. The second-order valence-corrected chi connectivity index (χ2v) is 13.5. The first-order valence-corrected chi connectivity index (χ1v) is 18.1. The molecule has 0 spiro atoms. The summed E-state index contributed by atoms with van der Waals surface area (Å²) in [7, 11) is 1.62. The van der Waals surface area contributed by atoms with Crippen molar-refractivity contribution in [3.8, 4) is 0 Å². The van der Waals surface area contributed by atoms with Gasteiger partial charge in [0.1, 0.15) is 30.0 Å². The number of aromatic amines is 1. The van der Waals surface area contributed by atoms with Crippen LogP contribution in [0.2, 0.25) is 0 Å². The van der Waals surface area contributed by atoms with Crippen molar-refractivity contribution in [2.24, 2.45) is 22.2 Å². The number of H-pyrrole nitrogens is 1. The lowest BCUT2D eigenvalue weighted by molar-refractivity contribution is -0.138. The van der Waals surface area contributed by atoms with E-state index in [0.717, 1.165) is 21.4 Å². The molecule has 0 radical (unpaired) electrons. The summed E-state index contributed by atoms with van der Waals surface area (Å²) in [5, 5.41) is 16.8. The molecule has 0 bridgehead atoms. The molecule has 2 aliphatic rings. The van der Waals surface area contributed by atoms with Crippen LogP contribution in [0.1, 0.15) is 56.9 Å². The van der Waals surface area contributed by atoms with Gasteiger partial charge in [-0.1, -0.05) is 18.2 Å². The molecule has 8 amide bonds. The molecule has 1 aliphatic heterocycles. The van der Waals surface area contributed by atoms with Gasteiger partial charge in [0, 0.05) is 36.6 Å². The number of nitrogens with zero attached hydrogens (tertiary/aromatic N) is 2. The normalized spacial score (nSPS) is 17.3. The summed E-state index contributed by atoms with van der Waals surface area (Å²) in [6.45, 7) is 0.221. The number of nitrogens with one attached hydrogen (secondary N) is 7. The zero-order valence-corrected chi connectivity index (χ0v) is 30.7. The van der Waals surface area contributed by atoms with Crippen LogP contribution >= 0.6 is 0 Å². The predicted molar refractivity (Wildman–Crippen MR) is 199 cm³/mol. The highest BCUT2D eigenvalue weighted by Gasteiger charge is 2.62. The highest BCUT2D eigenvalue weighted by Crippen LogP contribution is 2.43. The van der Waals surface area contributed by atoms with E-state index in [0.29, 0.717) is 38.5 Å². The highest BCUT2D eigenvalue weighted by molar-refractivity contribution is 6.11. The monoisotopic (exact) mass is 766 g/mol. The van der Waals surface area contributed by atoms with Gasteiger partial charge in [0.05, 0.1) is 19.0 Å². The minimum atomic E-state index is -1.37. The van der Waals surface area contributed by atoms with Gasteiger partial charge in [-0.05, 0) is 63.6 Å². The summed E-state index contributed by atoms with van der Waals surface area (Å²) in [4.78, 5) is 109. The Morgan fingerprint density at radius 3 is 2.33 bits per heavy atom. The van der Waals surface area contributed by atoms with E-state index in [1.807, 2.05) is 24.3 Å². The molecule has 4 atom stereocenters. The van der Waals surface area contributed by atoms with Gasteiger partial charge < -0.3 is 58.9 Å². The second kappa shape index (κ2) is 19.3. The molecule has 20 nitrogen and oxygen atoms in total. The smallest absolute Gasteiger partial charge is 0.325 e. The molecule has 1 saturated carbocycles. The lowest BCUT2D eigenvalue weighted by atomic mass is 10.0. The Morgan fingerprint density at radius 2 is 1.65 bits per heavy atom. The molecule has 0 unspecified atom stereocenters. The number of aliphatic imine (C=N–C) groups is 1. The zero-order valence-electron chi connectivity index (χ0n) is 30.7. The van der Waals surface area contributed by atoms with Gasteiger partial charge in [-0.15, -0.1) is 0 Å². The Hall–Kier alpha value is -6.05. The van der Waals surface area contributed by atoms with Gasteiger partial charge in [0.25, 0.3) is 5.91 Å². The number of aldehydes is 1. The number of rotatable bonds is 23. The number of hydrogen-bond acceptors (Lipinski definition) is 10. The Morgan fingerprint density at radius 1 is 0.964 bits per heavy atom. The van der Waals surface area contributed by atoms with E-state index in [1.54, 1.807) is 13.2 Å². The number of aromatic nitrogens is 1. The number of unbranched alkanes of at least 4 members (excludes halogenated alkanes) is 1. The fraction of sp³-hybridized carbons (Fsp3) is 0.514. The minimum Gasteiger partial charge on any atom is -0.370 e. The van der Waals surface area contributed by atoms with Crippen molar-refractivity contribution in [2.75, 3.05) is 26.7 Å². The van der Waals surface area contributed by atoms with Crippen LogP contribution in [0.15, 0.2) is 35.5 Å². The van der Waals surface area contributed by atoms with E-state index >= 15 is 0 Å². The van der Waals surface area contributed by atoms with Gasteiger partial charge in [0.2, 0.25) is 29.5 Å². The maximum atomic E-state index is 13.7. The molecule has 1 aromatic carbocycles. The third-order valence-electron chi connectivity index (χ3n) is 9.57. The number of nitrogens with two attached hydrogens (primary N) is 3. The van der Waals surface area contributed by atoms with Crippen molar-refractivity contribution in [3.05, 3.63) is 36.0 Å². The summed E-state index contributed by atoms with van der Waals surface area (Å²) in [5.74, 6) is -3.72. The van der Waals surface area contributed by atoms with Crippen LogP contribution in [0, 0.1) is 0 Å². The molecule has 1 saturated heterocycles. The van der Waals surface area contributed by atoms with Crippen LogP contribution in [0.4, 0.5) is 4.79 Å². The Kier molecular flexibility index (Phi) is 14.7. The number of imide groups is 1. The number of fused-ring (bicyclic) bond motifs is 1. The topological polar surface area (TPSA) is 318 Å². The van der Waals surface area contributed by atoms with E-state index in [2.05, 4.69) is 41.9 Å². The first kappa shape index (κ1) is 41.7. The Labute approximate surface area is 316 Å². The maximum Gasteiger partial charge on any atom is 0.325 e. The SMILES string of the molecule is CN[C@@H](CCCN=C(N)N)C(=O)N[C@@H](Cc1c[nH]c2ccccc12)C(=O)N[C@@H](CCCCNC(=O)C[C@@H]1NC(=O)N(C2(C(=O)NCC=O)CC2)C1=O)C(N)=O. The number of likely N-dealkylation sites (N-methyl/N-ethyl adjacent to an activating group) is 1. The summed E-state index contributed by atoms with van der Waals surface area (Å²) < 4.78 is 0. The van der Waals surface area contributed by atoms with E-state index in [9.17, 15) is 38.4 Å². The van der Waals surface area contributed by atoms with E-state index < -0.39 is 71.2 Å². The van der Waals surface area contributed by atoms with Gasteiger partial charge >= 0.3 is 6.03 Å². The molecule has 298 valence electrons. The van der Waals surface area contributed by atoms with Crippen LogP contribution < -0.4 is 49.1 Å². The third-order valence-corrected chi connectivity index (χ3v) is 9.57. The minimum absolute atomic E-state index is 0.0555. The van der Waals surface area contributed by atoms with Gasteiger partial charge in [0.15, 0.2) is 5.96 Å². The fourth-order valence-electron chi connectivity index (χ4n) is 6.47. The van der Waals surface area contributed by atoms with Crippen LogP contribution in [-0.4, -0.2) is 120 Å². The molecule has 1 aliphatic carbocycles. The second-order valence-electron chi connectivity index (χ2n) is 13.5. The van der Waals surface area contributed by atoms with E-state index in [4.69, 9.17) is 17.2 Å². The number of primary amides is 1.